The standard InChI is InChI=1S/C27H32N2O6/c1-18(2)35-22-10-6-20(7-11-22)25(31)23-24(19-4-8-21(30)9-5-19)29(27(33)26(23)32)13-3-12-28-14-16-34-17-15-28/h4-11,18,24,30-31H,3,12-17H2,1-2H3/b25-23+/t24-/m1/s1. The first-order valence-corrected chi connectivity index (χ1v) is 12.0. The molecule has 0 saturated carbocycles. The second-order valence-corrected chi connectivity index (χ2v) is 9.08. The van der Waals surface area contributed by atoms with Gasteiger partial charge < -0.3 is 24.6 Å². The number of nitrogens with zero attached hydrogens (tertiary/aromatic N) is 2. The van der Waals surface area contributed by atoms with Crippen molar-refractivity contribution in [3.05, 3.63) is 65.2 Å². The van der Waals surface area contributed by atoms with E-state index in [0.717, 1.165) is 19.6 Å². The van der Waals surface area contributed by atoms with Crippen LogP contribution in [0.3, 0.4) is 0 Å². The minimum atomic E-state index is -0.744. The smallest absolute Gasteiger partial charge is 0.295 e. The first-order valence-electron chi connectivity index (χ1n) is 12.0. The number of aromatic hydroxyl groups is 1. The van der Waals surface area contributed by atoms with Gasteiger partial charge >= 0.3 is 0 Å². The number of phenolic OH excluding ortho intramolecular Hbond substituents is 1. The summed E-state index contributed by atoms with van der Waals surface area (Å²) in [7, 11) is 0. The van der Waals surface area contributed by atoms with Crippen LogP contribution in [-0.2, 0) is 14.3 Å². The minimum Gasteiger partial charge on any atom is -0.508 e. The molecular formula is C27H32N2O6. The van der Waals surface area contributed by atoms with Gasteiger partial charge in [-0.2, -0.15) is 0 Å². The van der Waals surface area contributed by atoms with Crippen molar-refractivity contribution in [3.8, 4) is 11.5 Å². The number of aliphatic hydroxyl groups excluding tert-OH is 1. The maximum Gasteiger partial charge on any atom is 0.295 e. The summed E-state index contributed by atoms with van der Waals surface area (Å²) in [6.07, 6.45) is 0.690. The Hall–Kier alpha value is -3.36. The van der Waals surface area contributed by atoms with Crippen molar-refractivity contribution in [2.24, 2.45) is 0 Å². The number of ketones is 1. The highest BCUT2D eigenvalue weighted by molar-refractivity contribution is 6.46. The van der Waals surface area contributed by atoms with Crippen LogP contribution in [0.4, 0.5) is 0 Å². The van der Waals surface area contributed by atoms with Crippen LogP contribution in [0.2, 0.25) is 0 Å². The van der Waals surface area contributed by atoms with Crippen LogP contribution in [0.1, 0.15) is 37.4 Å². The Labute approximate surface area is 205 Å². The molecule has 0 aliphatic carbocycles. The maximum absolute atomic E-state index is 13.1. The van der Waals surface area contributed by atoms with Gasteiger partial charge in [-0.15, -0.1) is 0 Å². The zero-order chi connectivity index (χ0) is 24.9. The lowest BCUT2D eigenvalue weighted by Gasteiger charge is -2.29. The van der Waals surface area contributed by atoms with Gasteiger partial charge in [0.15, 0.2) is 0 Å². The predicted molar refractivity (Wildman–Crippen MR) is 131 cm³/mol. The third-order valence-corrected chi connectivity index (χ3v) is 6.23. The summed E-state index contributed by atoms with van der Waals surface area (Å²) in [5.41, 5.74) is 1.12. The lowest BCUT2D eigenvalue weighted by molar-refractivity contribution is -0.140. The first kappa shape index (κ1) is 24.8. The normalized spacial score (nSPS) is 20.5. The van der Waals surface area contributed by atoms with E-state index in [1.54, 1.807) is 36.4 Å². The molecule has 2 N–H and O–H groups in total. The number of hydrogen-bond donors (Lipinski definition) is 2. The Kier molecular flexibility index (Phi) is 7.73. The van der Waals surface area contributed by atoms with E-state index in [4.69, 9.17) is 9.47 Å². The average Bonchev–Trinajstić information content (AvgIpc) is 3.10. The van der Waals surface area contributed by atoms with Gasteiger partial charge in [-0.05, 0) is 62.2 Å². The summed E-state index contributed by atoms with van der Waals surface area (Å²) in [4.78, 5) is 30.0. The van der Waals surface area contributed by atoms with E-state index in [1.165, 1.54) is 17.0 Å². The van der Waals surface area contributed by atoms with Gasteiger partial charge in [-0.25, -0.2) is 0 Å². The second-order valence-electron chi connectivity index (χ2n) is 9.08. The van der Waals surface area contributed by atoms with Gasteiger partial charge in [0.25, 0.3) is 11.7 Å². The highest BCUT2D eigenvalue weighted by atomic mass is 16.5. The molecule has 8 heteroatoms. The van der Waals surface area contributed by atoms with Gasteiger partial charge in [0.1, 0.15) is 17.3 Å². The molecular weight excluding hydrogens is 448 g/mol. The molecule has 2 aromatic rings. The number of morpholine rings is 1. The first-order chi connectivity index (χ1) is 16.8. The van der Waals surface area contributed by atoms with E-state index >= 15 is 0 Å². The number of amides is 1. The fraction of sp³-hybridized carbons (Fsp3) is 0.407. The molecule has 2 aliphatic heterocycles. The molecule has 0 aromatic heterocycles. The van der Waals surface area contributed by atoms with Crippen molar-refractivity contribution in [2.45, 2.75) is 32.4 Å². The molecule has 186 valence electrons. The van der Waals surface area contributed by atoms with Gasteiger partial charge in [0.05, 0.1) is 30.9 Å². The molecule has 2 aromatic carbocycles. The van der Waals surface area contributed by atoms with Gasteiger partial charge in [0, 0.05) is 31.7 Å². The SMILES string of the molecule is CC(C)Oc1ccc(/C(O)=C2\C(=O)C(=O)N(CCCN3CCOCC3)[C@@H]2c2ccc(O)cc2)cc1. The predicted octanol–water partition coefficient (Wildman–Crippen LogP) is 3.32. The molecule has 2 heterocycles. The van der Waals surface area contributed by atoms with Crippen molar-refractivity contribution in [2.75, 3.05) is 39.4 Å². The Morgan fingerprint density at radius 3 is 2.31 bits per heavy atom. The van der Waals surface area contributed by atoms with E-state index in [0.29, 0.717) is 43.1 Å². The summed E-state index contributed by atoms with van der Waals surface area (Å²) in [6.45, 7) is 8.07. The number of phenols is 1. The third-order valence-electron chi connectivity index (χ3n) is 6.23. The van der Waals surface area contributed by atoms with Crippen LogP contribution in [0.5, 0.6) is 11.5 Å². The summed E-state index contributed by atoms with van der Waals surface area (Å²) in [5, 5.41) is 20.9. The van der Waals surface area contributed by atoms with Gasteiger partial charge in [0.2, 0.25) is 0 Å². The molecule has 35 heavy (non-hydrogen) atoms. The number of hydrogen-bond acceptors (Lipinski definition) is 7. The Morgan fingerprint density at radius 1 is 1.03 bits per heavy atom. The van der Waals surface area contributed by atoms with Crippen LogP contribution in [0.15, 0.2) is 54.1 Å². The van der Waals surface area contributed by atoms with Gasteiger partial charge in [-0.3, -0.25) is 14.5 Å². The Balaban J connectivity index is 1.64. The second kappa shape index (κ2) is 10.9. The highest BCUT2D eigenvalue weighted by Gasteiger charge is 2.45. The largest absolute Gasteiger partial charge is 0.508 e. The molecule has 0 unspecified atom stereocenters. The molecule has 1 atom stereocenters. The summed E-state index contributed by atoms with van der Waals surface area (Å²) < 4.78 is 11.1. The average molecular weight is 481 g/mol. The lowest BCUT2D eigenvalue weighted by atomic mass is 9.95. The van der Waals surface area contributed by atoms with Crippen molar-refractivity contribution in [3.63, 3.8) is 0 Å². The Morgan fingerprint density at radius 2 is 1.69 bits per heavy atom. The topological polar surface area (TPSA) is 99.5 Å². The van der Waals surface area contributed by atoms with E-state index in [1.807, 2.05) is 13.8 Å². The van der Waals surface area contributed by atoms with E-state index in [9.17, 15) is 19.8 Å². The number of benzene rings is 2. The monoisotopic (exact) mass is 480 g/mol. The van der Waals surface area contributed by atoms with E-state index in [2.05, 4.69) is 4.90 Å². The molecule has 2 aliphatic rings. The van der Waals surface area contributed by atoms with Crippen molar-refractivity contribution in [1.29, 1.82) is 0 Å². The minimum absolute atomic E-state index is 0.00623. The van der Waals surface area contributed by atoms with Crippen LogP contribution >= 0.6 is 0 Å². The van der Waals surface area contributed by atoms with Gasteiger partial charge in [-0.1, -0.05) is 12.1 Å². The molecule has 2 fully saturated rings. The Bertz CT molecular complexity index is 1070. The van der Waals surface area contributed by atoms with Crippen molar-refractivity contribution in [1.82, 2.24) is 9.80 Å². The number of ether oxygens (including phenoxy) is 2. The molecule has 4 rings (SSSR count). The highest BCUT2D eigenvalue weighted by Crippen LogP contribution is 2.40. The molecule has 2 saturated heterocycles. The van der Waals surface area contributed by atoms with Crippen LogP contribution < -0.4 is 4.74 Å². The summed E-state index contributed by atoms with van der Waals surface area (Å²) in [5.74, 6) is -0.844. The van der Waals surface area contributed by atoms with E-state index < -0.39 is 17.7 Å². The molecule has 8 nitrogen and oxygen atoms in total. The molecule has 0 radical (unpaired) electrons. The quantitative estimate of drug-likeness (QED) is 0.340. The number of rotatable bonds is 8. The molecule has 0 spiro atoms. The number of carbonyl (C=O) groups is 2. The number of likely N-dealkylation sites (tertiary alicyclic amines) is 1. The third kappa shape index (κ3) is 5.66. The van der Waals surface area contributed by atoms with Crippen molar-refractivity contribution < 1.29 is 29.3 Å². The fourth-order valence-corrected chi connectivity index (χ4v) is 4.52. The van der Waals surface area contributed by atoms with Crippen LogP contribution in [0.25, 0.3) is 5.76 Å². The number of carbonyl (C=O) groups excluding carboxylic acids is 2. The lowest BCUT2D eigenvalue weighted by Crippen LogP contribution is -2.38. The summed E-state index contributed by atoms with van der Waals surface area (Å²) >= 11 is 0. The molecule has 1 amide bonds. The maximum atomic E-state index is 13.1. The fourth-order valence-electron chi connectivity index (χ4n) is 4.52. The van der Waals surface area contributed by atoms with Crippen LogP contribution in [0, 0.1) is 0 Å². The van der Waals surface area contributed by atoms with Crippen LogP contribution in [-0.4, -0.2) is 77.2 Å². The van der Waals surface area contributed by atoms with Crippen molar-refractivity contribution >= 4 is 17.4 Å². The summed E-state index contributed by atoms with van der Waals surface area (Å²) in [6, 6.07) is 12.4. The number of aliphatic hydroxyl groups is 1. The number of Topliss-reactive ketones (excluding diaryl/α,β-unsaturated/α-hetero) is 1. The van der Waals surface area contributed by atoms with E-state index in [-0.39, 0.29) is 23.2 Å². The zero-order valence-electron chi connectivity index (χ0n) is 20.1. The molecule has 0 bridgehead atoms. The zero-order valence-corrected chi connectivity index (χ0v) is 20.1.